The molecule has 0 amide bonds. The molecule has 114 valence electrons. The van der Waals surface area contributed by atoms with Gasteiger partial charge in [-0.25, -0.2) is 0 Å². The minimum atomic E-state index is -0.219. The zero-order chi connectivity index (χ0) is 14.7. The average molecular weight is 361 g/mol. The molecule has 0 aliphatic heterocycles. The lowest BCUT2D eigenvalue weighted by Crippen LogP contribution is -2.49. The van der Waals surface area contributed by atoms with Crippen LogP contribution in [-0.2, 0) is 0 Å². The van der Waals surface area contributed by atoms with E-state index in [1.165, 1.54) is 11.3 Å². The van der Waals surface area contributed by atoms with Gasteiger partial charge in [0, 0.05) is 26.8 Å². The lowest BCUT2D eigenvalue weighted by molar-refractivity contribution is 0.00719. The maximum atomic E-state index is 10.3. The van der Waals surface area contributed by atoms with E-state index in [4.69, 9.17) is 5.73 Å². The molecule has 5 heteroatoms. The van der Waals surface area contributed by atoms with Gasteiger partial charge >= 0.3 is 0 Å². The van der Waals surface area contributed by atoms with Crippen LogP contribution in [0.15, 0.2) is 15.9 Å². The fourth-order valence-electron chi connectivity index (χ4n) is 3.19. The van der Waals surface area contributed by atoms with E-state index in [9.17, 15) is 5.11 Å². The minimum absolute atomic E-state index is 0.0969. The predicted octanol–water partition coefficient (Wildman–Crippen LogP) is 3.52. The van der Waals surface area contributed by atoms with E-state index in [-0.39, 0.29) is 24.2 Å². The van der Waals surface area contributed by atoms with Gasteiger partial charge in [-0.2, -0.15) is 0 Å². The first-order chi connectivity index (χ1) is 9.54. The van der Waals surface area contributed by atoms with Crippen molar-refractivity contribution in [2.45, 2.75) is 63.3 Å². The number of thiophene rings is 1. The van der Waals surface area contributed by atoms with E-state index in [1.807, 2.05) is 0 Å². The summed E-state index contributed by atoms with van der Waals surface area (Å²) >= 11 is 5.27. The monoisotopic (exact) mass is 360 g/mol. The Morgan fingerprint density at radius 1 is 1.50 bits per heavy atom. The summed E-state index contributed by atoms with van der Waals surface area (Å²) in [5.41, 5.74) is 6.38. The third-order valence-electron chi connectivity index (χ3n) is 4.41. The van der Waals surface area contributed by atoms with Crippen LogP contribution in [0, 0.1) is 0 Å². The van der Waals surface area contributed by atoms with Gasteiger partial charge in [0.05, 0.1) is 12.1 Å². The van der Waals surface area contributed by atoms with Crippen LogP contribution < -0.4 is 5.73 Å². The van der Waals surface area contributed by atoms with Gasteiger partial charge in [0.1, 0.15) is 0 Å². The second-order valence-corrected chi connectivity index (χ2v) is 7.63. The molecule has 2 rings (SSSR count). The average Bonchev–Trinajstić information content (AvgIpc) is 2.85. The number of halogens is 1. The van der Waals surface area contributed by atoms with Crippen molar-refractivity contribution in [1.82, 2.24) is 4.90 Å². The highest BCUT2D eigenvalue weighted by atomic mass is 79.9. The Balaban J connectivity index is 2.21. The number of nitrogens with two attached hydrogens (primary N) is 1. The molecular weight excluding hydrogens is 336 g/mol. The lowest BCUT2D eigenvalue weighted by atomic mass is 9.89. The molecule has 1 aliphatic rings. The molecule has 1 aromatic rings. The van der Waals surface area contributed by atoms with Crippen LogP contribution in [0.3, 0.4) is 0 Å². The van der Waals surface area contributed by atoms with Gasteiger partial charge in [-0.15, -0.1) is 11.3 Å². The zero-order valence-corrected chi connectivity index (χ0v) is 14.7. The van der Waals surface area contributed by atoms with Crippen LogP contribution in [-0.4, -0.2) is 35.2 Å². The number of nitrogens with zero attached hydrogens (tertiary/aromatic N) is 1. The van der Waals surface area contributed by atoms with Crippen molar-refractivity contribution in [3.05, 3.63) is 20.8 Å². The largest absolute Gasteiger partial charge is 0.391 e. The molecule has 3 N–H and O–H groups in total. The van der Waals surface area contributed by atoms with E-state index in [0.29, 0.717) is 0 Å². The van der Waals surface area contributed by atoms with Gasteiger partial charge in [-0.3, -0.25) is 4.90 Å². The summed E-state index contributed by atoms with van der Waals surface area (Å²) in [5.74, 6) is 0. The van der Waals surface area contributed by atoms with E-state index >= 15 is 0 Å². The topological polar surface area (TPSA) is 49.5 Å². The van der Waals surface area contributed by atoms with Crippen molar-refractivity contribution in [1.29, 1.82) is 0 Å². The fraction of sp³-hybridized carbons (Fsp3) is 0.733. The first-order valence-corrected chi connectivity index (χ1v) is 9.11. The van der Waals surface area contributed by atoms with E-state index in [2.05, 4.69) is 46.2 Å². The van der Waals surface area contributed by atoms with E-state index in [0.717, 1.165) is 30.2 Å². The van der Waals surface area contributed by atoms with Gasteiger partial charge in [0.25, 0.3) is 0 Å². The highest BCUT2D eigenvalue weighted by Gasteiger charge is 2.34. The number of aliphatic hydroxyl groups is 1. The van der Waals surface area contributed by atoms with Crippen LogP contribution >= 0.6 is 27.3 Å². The number of hydrogen-bond donors (Lipinski definition) is 2. The summed E-state index contributed by atoms with van der Waals surface area (Å²) in [6.45, 7) is 2.13. The molecule has 0 radical (unpaired) electrons. The van der Waals surface area contributed by atoms with Crippen LogP contribution in [0.5, 0.6) is 0 Å². The number of aliphatic hydroxyl groups excluding tert-OH is 1. The molecule has 1 saturated carbocycles. The predicted molar refractivity (Wildman–Crippen MR) is 89.1 cm³/mol. The molecular formula is C15H25BrN2OS. The Bertz CT molecular complexity index is 426. The molecule has 1 aromatic heterocycles. The summed E-state index contributed by atoms with van der Waals surface area (Å²) in [7, 11) is 2.12. The van der Waals surface area contributed by atoms with Gasteiger partial charge in [0.15, 0.2) is 0 Å². The highest BCUT2D eigenvalue weighted by molar-refractivity contribution is 9.10. The fourth-order valence-corrected chi connectivity index (χ4v) is 4.86. The summed E-state index contributed by atoms with van der Waals surface area (Å²) in [6, 6.07) is 2.68. The highest BCUT2D eigenvalue weighted by Crippen LogP contribution is 2.35. The maximum Gasteiger partial charge on any atom is 0.0695 e. The van der Waals surface area contributed by atoms with E-state index < -0.39 is 0 Å². The SMILES string of the molecule is CCC(N)C(c1cc(Br)cs1)N(C)C1CCCCC1O. The minimum Gasteiger partial charge on any atom is -0.391 e. The Morgan fingerprint density at radius 2 is 2.20 bits per heavy atom. The van der Waals surface area contributed by atoms with Crippen molar-refractivity contribution >= 4 is 27.3 Å². The molecule has 1 aliphatic carbocycles. The third kappa shape index (κ3) is 3.63. The van der Waals surface area contributed by atoms with E-state index in [1.54, 1.807) is 11.3 Å². The van der Waals surface area contributed by atoms with Crippen LogP contribution in [0.4, 0.5) is 0 Å². The van der Waals surface area contributed by atoms with Crippen molar-refractivity contribution in [2.24, 2.45) is 5.73 Å². The summed E-state index contributed by atoms with van der Waals surface area (Å²) < 4.78 is 1.11. The van der Waals surface area contributed by atoms with Gasteiger partial charge in [-0.1, -0.05) is 19.8 Å². The molecule has 20 heavy (non-hydrogen) atoms. The number of hydrogen-bond acceptors (Lipinski definition) is 4. The molecule has 1 fully saturated rings. The first-order valence-electron chi connectivity index (χ1n) is 7.44. The second kappa shape index (κ2) is 7.36. The molecule has 0 aromatic carbocycles. The van der Waals surface area contributed by atoms with Crippen LogP contribution in [0.25, 0.3) is 0 Å². The Hall–Kier alpha value is 0.0600. The van der Waals surface area contributed by atoms with Crippen molar-refractivity contribution in [2.75, 3.05) is 7.05 Å². The zero-order valence-electron chi connectivity index (χ0n) is 12.3. The normalized spacial score (nSPS) is 26.7. The third-order valence-corrected chi connectivity index (χ3v) is 6.18. The standard InChI is InChI=1S/C15H25BrN2OS/c1-3-11(17)15(14-8-10(16)9-20-14)18(2)12-6-4-5-7-13(12)19/h8-9,11-13,15,19H,3-7,17H2,1-2H3. The quantitative estimate of drug-likeness (QED) is 0.844. The Morgan fingerprint density at radius 3 is 2.75 bits per heavy atom. The summed E-state index contributed by atoms with van der Waals surface area (Å²) in [4.78, 5) is 3.60. The van der Waals surface area contributed by atoms with Crippen LogP contribution in [0.2, 0.25) is 0 Å². The Labute approximate surface area is 134 Å². The molecule has 0 spiro atoms. The summed E-state index contributed by atoms with van der Waals surface area (Å²) in [5, 5.41) is 12.4. The Kier molecular flexibility index (Phi) is 6.05. The molecule has 1 heterocycles. The maximum absolute atomic E-state index is 10.3. The summed E-state index contributed by atoms with van der Waals surface area (Å²) in [6.07, 6.45) is 5.04. The second-order valence-electron chi connectivity index (χ2n) is 5.77. The van der Waals surface area contributed by atoms with Crippen molar-refractivity contribution in [3.8, 4) is 0 Å². The smallest absolute Gasteiger partial charge is 0.0695 e. The number of likely N-dealkylation sites (N-methyl/N-ethyl adjacent to an activating group) is 1. The molecule has 0 bridgehead atoms. The molecule has 0 saturated heterocycles. The van der Waals surface area contributed by atoms with Crippen LogP contribution in [0.1, 0.15) is 49.9 Å². The van der Waals surface area contributed by atoms with Gasteiger partial charge < -0.3 is 10.8 Å². The van der Waals surface area contributed by atoms with Gasteiger partial charge in [0.2, 0.25) is 0 Å². The molecule has 3 nitrogen and oxygen atoms in total. The van der Waals surface area contributed by atoms with Crippen molar-refractivity contribution in [3.63, 3.8) is 0 Å². The number of rotatable bonds is 5. The first kappa shape index (κ1) is 16.4. The lowest BCUT2D eigenvalue weighted by Gasteiger charge is -2.41. The van der Waals surface area contributed by atoms with Crippen molar-refractivity contribution < 1.29 is 5.11 Å². The molecule has 4 unspecified atom stereocenters. The molecule has 4 atom stereocenters. The van der Waals surface area contributed by atoms with Gasteiger partial charge in [-0.05, 0) is 48.3 Å².